The molecule has 0 bridgehead atoms. The third-order valence-electron chi connectivity index (χ3n) is 3.01. The number of hydrogen-bond acceptors (Lipinski definition) is 2. The average Bonchev–Trinajstić information content (AvgIpc) is 2.46. The van der Waals surface area contributed by atoms with Gasteiger partial charge in [0.15, 0.2) is 0 Å². The van der Waals surface area contributed by atoms with E-state index in [-0.39, 0.29) is 11.3 Å². The SMILES string of the molecule is COc1cc(F)c(C(Br)c2cc(Cl)ccc2OC)c(F)c1. The fraction of sp³-hybridized carbons (Fsp3) is 0.200. The first-order valence-electron chi connectivity index (χ1n) is 5.98. The van der Waals surface area contributed by atoms with Crippen LogP contribution in [0.1, 0.15) is 16.0 Å². The van der Waals surface area contributed by atoms with E-state index >= 15 is 0 Å². The van der Waals surface area contributed by atoms with Crippen molar-refractivity contribution in [3.05, 3.63) is 58.1 Å². The number of hydrogen-bond donors (Lipinski definition) is 0. The number of halogens is 4. The molecule has 2 rings (SSSR count). The molecule has 0 amide bonds. The standard InChI is InChI=1S/C15H12BrClF2O2/c1-20-9-6-11(18)14(12(19)7-9)15(16)10-5-8(17)3-4-13(10)21-2/h3-7,15H,1-2H3. The van der Waals surface area contributed by atoms with Crippen molar-refractivity contribution in [2.45, 2.75) is 4.83 Å². The molecule has 0 aliphatic heterocycles. The van der Waals surface area contributed by atoms with E-state index in [9.17, 15) is 8.78 Å². The second-order valence-corrected chi connectivity index (χ2v) is 5.61. The van der Waals surface area contributed by atoms with Crippen LogP contribution in [0.2, 0.25) is 5.02 Å². The lowest BCUT2D eigenvalue weighted by atomic mass is 10.0. The highest BCUT2D eigenvalue weighted by atomic mass is 79.9. The summed E-state index contributed by atoms with van der Waals surface area (Å²) in [6, 6.07) is 7.14. The second-order valence-electron chi connectivity index (χ2n) is 4.25. The smallest absolute Gasteiger partial charge is 0.134 e. The molecule has 1 unspecified atom stereocenters. The molecule has 21 heavy (non-hydrogen) atoms. The van der Waals surface area contributed by atoms with Gasteiger partial charge in [0.05, 0.1) is 19.0 Å². The first kappa shape index (κ1) is 16.0. The maximum absolute atomic E-state index is 14.1. The van der Waals surface area contributed by atoms with Crippen molar-refractivity contribution in [1.82, 2.24) is 0 Å². The second kappa shape index (κ2) is 6.62. The van der Waals surface area contributed by atoms with Crippen molar-refractivity contribution >= 4 is 27.5 Å². The normalized spacial score (nSPS) is 12.1. The minimum Gasteiger partial charge on any atom is -0.497 e. The van der Waals surface area contributed by atoms with Crippen molar-refractivity contribution in [1.29, 1.82) is 0 Å². The zero-order chi connectivity index (χ0) is 15.6. The predicted molar refractivity (Wildman–Crippen MR) is 81.7 cm³/mol. The molecule has 2 aromatic carbocycles. The minimum absolute atomic E-state index is 0.117. The summed E-state index contributed by atoms with van der Waals surface area (Å²) in [7, 11) is 2.83. The van der Waals surface area contributed by atoms with Gasteiger partial charge in [0.1, 0.15) is 23.1 Å². The number of ether oxygens (including phenoxy) is 2. The summed E-state index contributed by atoms with van der Waals surface area (Å²) in [6.07, 6.45) is 0. The maximum Gasteiger partial charge on any atom is 0.134 e. The van der Waals surface area contributed by atoms with E-state index in [2.05, 4.69) is 15.9 Å². The Morgan fingerprint density at radius 3 is 2.19 bits per heavy atom. The third-order valence-corrected chi connectivity index (χ3v) is 4.19. The molecule has 2 aromatic rings. The largest absolute Gasteiger partial charge is 0.497 e. The molecule has 0 heterocycles. The molecular weight excluding hydrogens is 366 g/mol. The molecule has 2 nitrogen and oxygen atoms in total. The molecular formula is C15H12BrClF2O2. The quantitative estimate of drug-likeness (QED) is 0.689. The highest BCUT2D eigenvalue weighted by Gasteiger charge is 2.23. The fourth-order valence-corrected chi connectivity index (χ4v) is 2.96. The summed E-state index contributed by atoms with van der Waals surface area (Å²) >= 11 is 9.26. The minimum atomic E-state index is -0.739. The van der Waals surface area contributed by atoms with Crippen molar-refractivity contribution in [3.8, 4) is 11.5 Å². The zero-order valence-corrected chi connectivity index (χ0v) is 13.6. The Kier molecular flexibility index (Phi) is 5.06. The van der Waals surface area contributed by atoms with Crippen LogP contribution in [0, 0.1) is 11.6 Å². The lowest BCUT2D eigenvalue weighted by Crippen LogP contribution is -2.03. The van der Waals surface area contributed by atoms with E-state index in [0.717, 1.165) is 12.1 Å². The molecule has 0 aliphatic rings. The number of alkyl halides is 1. The topological polar surface area (TPSA) is 18.5 Å². The van der Waals surface area contributed by atoms with Gasteiger partial charge in [0.25, 0.3) is 0 Å². The summed E-state index contributed by atoms with van der Waals surface area (Å²) in [5.41, 5.74) is 0.407. The molecule has 0 radical (unpaired) electrons. The summed E-state index contributed by atoms with van der Waals surface area (Å²) in [4.78, 5) is -0.739. The van der Waals surface area contributed by atoms with Gasteiger partial charge in [-0.1, -0.05) is 27.5 Å². The predicted octanol–water partition coefficient (Wildman–Crippen LogP) is 5.12. The van der Waals surface area contributed by atoms with E-state index in [1.807, 2.05) is 0 Å². The van der Waals surface area contributed by atoms with Gasteiger partial charge in [0.2, 0.25) is 0 Å². The van der Waals surface area contributed by atoms with Gasteiger partial charge in [-0.2, -0.15) is 0 Å². The van der Waals surface area contributed by atoms with Crippen LogP contribution < -0.4 is 9.47 Å². The van der Waals surface area contributed by atoms with Crippen LogP contribution in [-0.2, 0) is 0 Å². The Morgan fingerprint density at radius 1 is 1.05 bits per heavy atom. The van der Waals surface area contributed by atoms with E-state index in [4.69, 9.17) is 21.1 Å². The summed E-state index contributed by atoms with van der Waals surface area (Å²) in [5.74, 6) is -0.825. The Hall–Kier alpha value is -1.33. The molecule has 0 saturated heterocycles. The first-order valence-corrected chi connectivity index (χ1v) is 7.27. The molecule has 6 heteroatoms. The summed E-state index contributed by atoms with van der Waals surface area (Å²) < 4.78 is 38.3. The van der Waals surface area contributed by atoms with Crippen LogP contribution in [0.5, 0.6) is 11.5 Å². The van der Waals surface area contributed by atoms with Crippen LogP contribution >= 0.6 is 27.5 Å². The van der Waals surface area contributed by atoms with E-state index in [1.165, 1.54) is 14.2 Å². The van der Waals surface area contributed by atoms with Gasteiger partial charge in [-0.25, -0.2) is 8.78 Å². The summed E-state index contributed by atoms with van der Waals surface area (Å²) in [5, 5.41) is 0.449. The number of methoxy groups -OCH3 is 2. The van der Waals surface area contributed by atoms with Crippen molar-refractivity contribution in [2.24, 2.45) is 0 Å². The Bertz CT molecular complexity index is 641. The molecule has 112 valence electrons. The molecule has 0 aromatic heterocycles. The van der Waals surface area contributed by atoms with Gasteiger partial charge >= 0.3 is 0 Å². The van der Waals surface area contributed by atoms with Gasteiger partial charge in [0, 0.05) is 28.3 Å². The number of benzene rings is 2. The molecule has 0 fully saturated rings. The number of rotatable bonds is 4. The van der Waals surface area contributed by atoms with Gasteiger partial charge < -0.3 is 9.47 Å². The van der Waals surface area contributed by atoms with Crippen molar-refractivity contribution in [3.63, 3.8) is 0 Å². The molecule has 0 N–H and O–H groups in total. The molecule has 0 spiro atoms. The highest BCUT2D eigenvalue weighted by molar-refractivity contribution is 9.09. The summed E-state index contributed by atoms with van der Waals surface area (Å²) in [6.45, 7) is 0. The van der Waals surface area contributed by atoms with E-state index < -0.39 is 16.5 Å². The molecule has 0 aliphatic carbocycles. The Balaban J connectivity index is 2.55. The third kappa shape index (κ3) is 3.30. The lowest BCUT2D eigenvalue weighted by Gasteiger charge is -2.17. The van der Waals surface area contributed by atoms with Gasteiger partial charge in [-0.3, -0.25) is 0 Å². The van der Waals surface area contributed by atoms with Crippen LogP contribution in [0.15, 0.2) is 30.3 Å². The monoisotopic (exact) mass is 376 g/mol. The van der Waals surface area contributed by atoms with Crippen molar-refractivity contribution in [2.75, 3.05) is 14.2 Å². The van der Waals surface area contributed by atoms with E-state index in [0.29, 0.717) is 16.3 Å². The Morgan fingerprint density at radius 2 is 1.67 bits per heavy atom. The Labute approximate surface area is 134 Å². The zero-order valence-electron chi connectivity index (χ0n) is 11.3. The first-order chi connectivity index (χ1) is 9.97. The highest BCUT2D eigenvalue weighted by Crippen LogP contribution is 2.40. The van der Waals surface area contributed by atoms with Gasteiger partial charge in [-0.15, -0.1) is 0 Å². The molecule has 1 atom stereocenters. The van der Waals surface area contributed by atoms with Crippen molar-refractivity contribution < 1.29 is 18.3 Å². The lowest BCUT2D eigenvalue weighted by molar-refractivity contribution is 0.404. The average molecular weight is 378 g/mol. The molecule has 0 saturated carbocycles. The van der Waals surface area contributed by atoms with Gasteiger partial charge in [-0.05, 0) is 18.2 Å². The maximum atomic E-state index is 14.1. The van der Waals surface area contributed by atoms with Crippen LogP contribution in [0.4, 0.5) is 8.78 Å². The van der Waals surface area contributed by atoms with Crippen LogP contribution in [-0.4, -0.2) is 14.2 Å². The van der Waals surface area contributed by atoms with Crippen LogP contribution in [0.3, 0.4) is 0 Å². The fourth-order valence-electron chi connectivity index (χ4n) is 1.98. The van der Waals surface area contributed by atoms with E-state index in [1.54, 1.807) is 18.2 Å². The van der Waals surface area contributed by atoms with Crippen LogP contribution in [0.25, 0.3) is 0 Å².